The van der Waals surface area contributed by atoms with Crippen molar-refractivity contribution in [3.63, 3.8) is 0 Å². The van der Waals surface area contributed by atoms with Gasteiger partial charge in [-0.15, -0.1) is 0 Å². The molecule has 0 spiro atoms. The second kappa shape index (κ2) is 4.63. The van der Waals surface area contributed by atoms with Crippen molar-refractivity contribution >= 4 is 17.4 Å². The number of carbonyl (C=O) groups excluding carboxylic acids is 1. The molecular formula is C10H16N4O. The zero-order chi connectivity index (χ0) is 11.4. The average Bonchev–Trinajstić information content (AvgIpc) is 2.08. The fourth-order valence-corrected chi connectivity index (χ4v) is 1.30. The van der Waals surface area contributed by atoms with Crippen LogP contribution in [0.1, 0.15) is 18.9 Å². The molecule has 1 heterocycles. The van der Waals surface area contributed by atoms with Crippen LogP contribution in [0.15, 0.2) is 12.3 Å². The molecule has 82 valence electrons. The maximum absolute atomic E-state index is 10.7. The Morgan fingerprint density at radius 3 is 2.87 bits per heavy atom. The van der Waals surface area contributed by atoms with Gasteiger partial charge in [0.2, 0.25) is 5.91 Å². The molecule has 1 rings (SSSR count). The molecule has 15 heavy (non-hydrogen) atoms. The zero-order valence-electron chi connectivity index (χ0n) is 8.95. The average molecular weight is 208 g/mol. The number of nitrogens with two attached hydrogens (primary N) is 2. The van der Waals surface area contributed by atoms with Gasteiger partial charge in [-0.1, -0.05) is 0 Å². The third kappa shape index (κ3) is 3.46. The highest BCUT2D eigenvalue weighted by Gasteiger charge is 2.08. The van der Waals surface area contributed by atoms with E-state index in [4.69, 9.17) is 11.5 Å². The van der Waals surface area contributed by atoms with E-state index in [1.54, 1.807) is 6.20 Å². The van der Waals surface area contributed by atoms with Gasteiger partial charge in [0.25, 0.3) is 0 Å². The van der Waals surface area contributed by atoms with E-state index in [0.717, 1.165) is 5.56 Å². The Balaban J connectivity index is 2.68. The summed E-state index contributed by atoms with van der Waals surface area (Å²) in [6, 6.07) is 1.76. The van der Waals surface area contributed by atoms with Crippen LogP contribution >= 0.6 is 0 Å². The van der Waals surface area contributed by atoms with Crippen molar-refractivity contribution in [2.45, 2.75) is 26.3 Å². The van der Waals surface area contributed by atoms with Crippen LogP contribution in [0.2, 0.25) is 0 Å². The summed E-state index contributed by atoms with van der Waals surface area (Å²) in [7, 11) is 0. The second-order valence-corrected chi connectivity index (χ2v) is 3.67. The van der Waals surface area contributed by atoms with E-state index < -0.39 is 0 Å². The standard InChI is InChI=1S/C10H16N4O/c1-6-3-8(11)10(13-5-6)14-7(2)4-9(12)15/h3,5,7H,4,11H2,1-2H3,(H2,12,15)(H,13,14). The first kappa shape index (κ1) is 11.3. The summed E-state index contributed by atoms with van der Waals surface area (Å²) in [5.41, 5.74) is 12.4. The summed E-state index contributed by atoms with van der Waals surface area (Å²) in [4.78, 5) is 14.8. The maximum atomic E-state index is 10.7. The van der Waals surface area contributed by atoms with Crippen molar-refractivity contribution in [1.29, 1.82) is 0 Å². The number of amides is 1. The summed E-state index contributed by atoms with van der Waals surface area (Å²) in [6.45, 7) is 3.77. The molecule has 0 bridgehead atoms. The van der Waals surface area contributed by atoms with Crippen molar-refractivity contribution in [2.75, 3.05) is 11.1 Å². The first-order valence-electron chi connectivity index (χ1n) is 4.76. The van der Waals surface area contributed by atoms with Gasteiger partial charge in [-0.3, -0.25) is 4.79 Å². The largest absolute Gasteiger partial charge is 0.396 e. The first-order valence-corrected chi connectivity index (χ1v) is 4.76. The molecule has 1 aromatic heterocycles. The Morgan fingerprint density at radius 2 is 2.33 bits per heavy atom. The third-order valence-corrected chi connectivity index (χ3v) is 1.94. The minimum absolute atomic E-state index is 0.0694. The number of carbonyl (C=O) groups is 1. The van der Waals surface area contributed by atoms with E-state index in [1.165, 1.54) is 0 Å². The summed E-state index contributed by atoms with van der Waals surface area (Å²) in [5.74, 6) is 0.245. The van der Waals surface area contributed by atoms with Gasteiger partial charge in [0.15, 0.2) is 0 Å². The van der Waals surface area contributed by atoms with E-state index in [9.17, 15) is 4.79 Å². The number of hydrogen-bond acceptors (Lipinski definition) is 4. The van der Waals surface area contributed by atoms with Crippen molar-refractivity contribution in [1.82, 2.24) is 4.98 Å². The number of aryl methyl sites for hydroxylation is 1. The lowest BCUT2D eigenvalue weighted by Gasteiger charge is -2.14. The Bertz CT molecular complexity index is 364. The van der Waals surface area contributed by atoms with Crippen LogP contribution in [0.3, 0.4) is 0 Å². The molecule has 1 aromatic rings. The van der Waals surface area contributed by atoms with Gasteiger partial charge < -0.3 is 16.8 Å². The molecule has 5 heteroatoms. The molecule has 0 saturated heterocycles. The van der Waals surface area contributed by atoms with Crippen LogP contribution < -0.4 is 16.8 Å². The molecule has 1 amide bonds. The van der Waals surface area contributed by atoms with Gasteiger partial charge in [-0.05, 0) is 25.5 Å². The van der Waals surface area contributed by atoms with Gasteiger partial charge in [0, 0.05) is 18.7 Å². The number of pyridine rings is 1. The third-order valence-electron chi connectivity index (χ3n) is 1.94. The van der Waals surface area contributed by atoms with E-state index >= 15 is 0 Å². The quantitative estimate of drug-likeness (QED) is 0.677. The molecule has 0 aliphatic rings. The highest BCUT2D eigenvalue weighted by atomic mass is 16.1. The molecular weight excluding hydrogens is 192 g/mol. The van der Waals surface area contributed by atoms with Crippen LogP contribution in [0.25, 0.3) is 0 Å². The Labute approximate surface area is 88.9 Å². The van der Waals surface area contributed by atoms with E-state index in [-0.39, 0.29) is 18.4 Å². The van der Waals surface area contributed by atoms with Crippen LogP contribution in [0.4, 0.5) is 11.5 Å². The summed E-state index contributed by atoms with van der Waals surface area (Å²) < 4.78 is 0. The number of rotatable bonds is 4. The lowest BCUT2D eigenvalue weighted by atomic mass is 10.2. The lowest BCUT2D eigenvalue weighted by molar-refractivity contribution is -0.118. The van der Waals surface area contributed by atoms with Crippen LogP contribution in [-0.4, -0.2) is 16.9 Å². The van der Waals surface area contributed by atoms with Gasteiger partial charge in [-0.25, -0.2) is 4.98 Å². The van der Waals surface area contributed by atoms with E-state index in [1.807, 2.05) is 19.9 Å². The Hall–Kier alpha value is -1.78. The normalized spacial score (nSPS) is 12.1. The number of primary amides is 1. The summed E-state index contributed by atoms with van der Waals surface area (Å²) in [5, 5.41) is 3.03. The molecule has 5 nitrogen and oxygen atoms in total. The van der Waals surface area contributed by atoms with Gasteiger partial charge >= 0.3 is 0 Å². The van der Waals surface area contributed by atoms with Crippen molar-refractivity contribution < 1.29 is 4.79 Å². The van der Waals surface area contributed by atoms with Crippen molar-refractivity contribution in [3.05, 3.63) is 17.8 Å². The monoisotopic (exact) mass is 208 g/mol. The van der Waals surface area contributed by atoms with Crippen LogP contribution in [-0.2, 0) is 4.79 Å². The van der Waals surface area contributed by atoms with E-state index in [0.29, 0.717) is 11.5 Å². The molecule has 0 radical (unpaired) electrons. The van der Waals surface area contributed by atoms with E-state index in [2.05, 4.69) is 10.3 Å². The Kier molecular flexibility index (Phi) is 3.49. The number of aromatic nitrogens is 1. The highest BCUT2D eigenvalue weighted by molar-refractivity contribution is 5.75. The molecule has 1 atom stereocenters. The minimum atomic E-state index is -0.347. The van der Waals surface area contributed by atoms with Crippen LogP contribution in [0, 0.1) is 6.92 Å². The first-order chi connectivity index (χ1) is 6.99. The predicted octanol–water partition coefficient (Wildman–Crippen LogP) is 0.648. The number of anilines is 2. The molecule has 0 aliphatic heterocycles. The molecule has 5 N–H and O–H groups in total. The van der Waals surface area contributed by atoms with Crippen molar-refractivity contribution in [2.24, 2.45) is 5.73 Å². The molecule has 0 aromatic carbocycles. The maximum Gasteiger partial charge on any atom is 0.219 e. The summed E-state index contributed by atoms with van der Waals surface area (Å²) in [6.07, 6.45) is 1.98. The lowest BCUT2D eigenvalue weighted by Crippen LogP contribution is -2.24. The Morgan fingerprint density at radius 1 is 1.67 bits per heavy atom. The fourth-order valence-electron chi connectivity index (χ4n) is 1.30. The second-order valence-electron chi connectivity index (χ2n) is 3.67. The van der Waals surface area contributed by atoms with Gasteiger partial charge in [0.1, 0.15) is 5.82 Å². The van der Waals surface area contributed by atoms with Gasteiger partial charge in [0.05, 0.1) is 5.69 Å². The summed E-state index contributed by atoms with van der Waals surface area (Å²) >= 11 is 0. The van der Waals surface area contributed by atoms with Crippen molar-refractivity contribution in [3.8, 4) is 0 Å². The SMILES string of the molecule is Cc1cnc(NC(C)CC(N)=O)c(N)c1. The molecule has 0 aliphatic carbocycles. The topological polar surface area (TPSA) is 94.0 Å². The highest BCUT2D eigenvalue weighted by Crippen LogP contribution is 2.17. The molecule has 1 unspecified atom stereocenters. The molecule has 0 saturated carbocycles. The predicted molar refractivity (Wildman–Crippen MR) is 60.3 cm³/mol. The smallest absolute Gasteiger partial charge is 0.219 e. The number of hydrogen-bond donors (Lipinski definition) is 3. The van der Waals surface area contributed by atoms with Gasteiger partial charge in [-0.2, -0.15) is 0 Å². The zero-order valence-corrected chi connectivity index (χ0v) is 8.95. The fraction of sp³-hybridized carbons (Fsp3) is 0.400. The number of nitrogen functional groups attached to an aromatic ring is 1. The molecule has 0 fully saturated rings. The van der Waals surface area contributed by atoms with Crippen LogP contribution in [0.5, 0.6) is 0 Å². The number of nitrogens with zero attached hydrogens (tertiary/aromatic N) is 1. The minimum Gasteiger partial charge on any atom is -0.396 e. The number of nitrogens with one attached hydrogen (secondary N) is 1.